The molecule has 1 aromatic rings. The summed E-state index contributed by atoms with van der Waals surface area (Å²) in [6.07, 6.45) is 6.38. The minimum atomic E-state index is -1.17. The average Bonchev–Trinajstić information content (AvgIpc) is 3.23. The van der Waals surface area contributed by atoms with Crippen LogP contribution in [0.1, 0.15) is 25.7 Å². The van der Waals surface area contributed by atoms with E-state index >= 15 is 0 Å². The Kier molecular flexibility index (Phi) is 6.55. The molecule has 1 aromatic heterocycles. The number of nitrogens with two attached hydrogens (primary N) is 1. The third-order valence-corrected chi connectivity index (χ3v) is 3.54. The number of oxime groups is 1. The van der Waals surface area contributed by atoms with Gasteiger partial charge in [0, 0.05) is 31.9 Å². The summed E-state index contributed by atoms with van der Waals surface area (Å²) in [7, 11) is 0. The molecule has 1 unspecified atom stereocenters. The lowest BCUT2D eigenvalue weighted by atomic mass is 10.1. The van der Waals surface area contributed by atoms with Crippen molar-refractivity contribution in [3.05, 3.63) is 12.4 Å². The first kappa shape index (κ1) is 17.7. The van der Waals surface area contributed by atoms with Gasteiger partial charge in [-0.2, -0.15) is 0 Å². The van der Waals surface area contributed by atoms with Gasteiger partial charge in [-0.15, -0.1) is 0 Å². The summed E-state index contributed by atoms with van der Waals surface area (Å²) >= 11 is 0. The van der Waals surface area contributed by atoms with Crippen molar-refractivity contribution in [2.45, 2.75) is 37.8 Å². The lowest BCUT2D eigenvalue weighted by Gasteiger charge is -2.09. The first-order chi connectivity index (χ1) is 11.6. The molecule has 0 saturated heterocycles. The van der Waals surface area contributed by atoms with E-state index in [1.165, 1.54) is 0 Å². The predicted octanol–water partition coefficient (Wildman–Crippen LogP) is -0.335. The number of unbranched alkanes of at least 4 members (excludes halogenated alkanes) is 1. The highest BCUT2D eigenvalue weighted by atomic mass is 16.6. The van der Waals surface area contributed by atoms with Gasteiger partial charge < -0.3 is 31.3 Å². The third-order valence-electron chi connectivity index (χ3n) is 3.54. The molecule has 0 bridgehead atoms. The second kappa shape index (κ2) is 8.87. The molecule has 132 valence electrons. The Hall–Kier alpha value is -2.62. The normalized spacial score (nSPS) is 17.7. The van der Waals surface area contributed by atoms with E-state index in [9.17, 15) is 9.59 Å². The van der Waals surface area contributed by atoms with Crippen molar-refractivity contribution in [2.24, 2.45) is 10.9 Å². The summed E-state index contributed by atoms with van der Waals surface area (Å²) < 4.78 is 0. The standard InChI is InChI=1S/C14H22N6O4/c15-10(13(22)23)8-19-12(21)11-7-9(24-20-11)3-1-2-4-16-14-17-5-6-18-14/h5-6,9-10H,1-4,7-8,15H2,(H,19,21)(H,22,23)(H2,16,17,18)/t9?,10-/m0/s1. The Morgan fingerprint density at radius 2 is 2.33 bits per heavy atom. The van der Waals surface area contributed by atoms with Gasteiger partial charge in [-0.3, -0.25) is 9.59 Å². The Labute approximate surface area is 138 Å². The highest BCUT2D eigenvalue weighted by Crippen LogP contribution is 2.16. The molecule has 10 nitrogen and oxygen atoms in total. The number of H-pyrrole nitrogens is 1. The number of hydrogen-bond acceptors (Lipinski definition) is 7. The van der Waals surface area contributed by atoms with Gasteiger partial charge in [0.1, 0.15) is 17.9 Å². The van der Waals surface area contributed by atoms with Crippen molar-refractivity contribution in [3.8, 4) is 0 Å². The van der Waals surface area contributed by atoms with Crippen molar-refractivity contribution in [2.75, 3.05) is 18.4 Å². The molecule has 1 aliphatic heterocycles. The number of aromatic amines is 1. The molecule has 0 aromatic carbocycles. The van der Waals surface area contributed by atoms with E-state index in [-0.39, 0.29) is 18.4 Å². The molecule has 0 fully saturated rings. The van der Waals surface area contributed by atoms with E-state index in [4.69, 9.17) is 15.7 Å². The van der Waals surface area contributed by atoms with Gasteiger partial charge in [-0.1, -0.05) is 5.16 Å². The highest BCUT2D eigenvalue weighted by Gasteiger charge is 2.26. The summed E-state index contributed by atoms with van der Waals surface area (Å²) in [5.74, 6) is -0.858. The number of amides is 1. The van der Waals surface area contributed by atoms with E-state index in [1.807, 2.05) is 0 Å². The summed E-state index contributed by atoms with van der Waals surface area (Å²) in [5.41, 5.74) is 5.59. The van der Waals surface area contributed by atoms with E-state index < -0.39 is 17.9 Å². The molecule has 0 radical (unpaired) electrons. The van der Waals surface area contributed by atoms with E-state index in [0.29, 0.717) is 6.42 Å². The molecule has 2 rings (SSSR count). The molecule has 24 heavy (non-hydrogen) atoms. The van der Waals surface area contributed by atoms with Crippen LogP contribution in [-0.4, -0.2) is 57.9 Å². The van der Waals surface area contributed by atoms with Crippen LogP contribution in [0.15, 0.2) is 17.5 Å². The predicted molar refractivity (Wildman–Crippen MR) is 86.5 cm³/mol. The molecule has 0 saturated carbocycles. The third kappa shape index (κ3) is 5.54. The largest absolute Gasteiger partial charge is 0.480 e. The van der Waals surface area contributed by atoms with E-state index in [1.54, 1.807) is 12.4 Å². The number of aromatic nitrogens is 2. The second-order valence-electron chi connectivity index (χ2n) is 5.48. The fourth-order valence-electron chi connectivity index (χ4n) is 2.18. The van der Waals surface area contributed by atoms with Crippen LogP contribution in [-0.2, 0) is 14.4 Å². The van der Waals surface area contributed by atoms with Crippen LogP contribution in [0.5, 0.6) is 0 Å². The number of hydrogen-bond donors (Lipinski definition) is 5. The molecule has 1 aliphatic rings. The van der Waals surface area contributed by atoms with Crippen LogP contribution in [0.2, 0.25) is 0 Å². The maximum Gasteiger partial charge on any atom is 0.322 e. The number of nitrogens with one attached hydrogen (secondary N) is 3. The average molecular weight is 338 g/mol. The maximum absolute atomic E-state index is 11.8. The van der Waals surface area contributed by atoms with Gasteiger partial charge in [0.2, 0.25) is 0 Å². The van der Waals surface area contributed by atoms with Gasteiger partial charge in [0.05, 0.1) is 0 Å². The first-order valence-electron chi connectivity index (χ1n) is 7.78. The number of rotatable bonds is 10. The first-order valence-corrected chi connectivity index (χ1v) is 7.78. The molecule has 6 N–H and O–H groups in total. The number of imidazole rings is 1. The second-order valence-corrected chi connectivity index (χ2v) is 5.48. The Morgan fingerprint density at radius 1 is 1.50 bits per heavy atom. The van der Waals surface area contributed by atoms with E-state index in [0.717, 1.165) is 31.8 Å². The number of aliphatic carboxylic acids is 1. The summed E-state index contributed by atoms with van der Waals surface area (Å²) in [6, 6.07) is -1.13. The zero-order chi connectivity index (χ0) is 17.4. The van der Waals surface area contributed by atoms with Crippen molar-refractivity contribution in [3.63, 3.8) is 0 Å². The SMILES string of the molecule is N[C@@H](CNC(=O)C1=NOC(CCCCNc2ncc[nH]2)C1)C(=O)O. The summed E-state index contributed by atoms with van der Waals surface area (Å²) in [4.78, 5) is 34.7. The number of anilines is 1. The van der Waals surface area contributed by atoms with Gasteiger partial charge in [-0.25, -0.2) is 4.98 Å². The fraction of sp³-hybridized carbons (Fsp3) is 0.571. The van der Waals surface area contributed by atoms with Gasteiger partial charge in [-0.05, 0) is 19.3 Å². The van der Waals surface area contributed by atoms with Crippen LogP contribution >= 0.6 is 0 Å². The van der Waals surface area contributed by atoms with Crippen LogP contribution in [0.25, 0.3) is 0 Å². The monoisotopic (exact) mass is 338 g/mol. The molecule has 1 amide bonds. The molecule has 0 spiro atoms. The van der Waals surface area contributed by atoms with Crippen molar-refractivity contribution in [1.29, 1.82) is 0 Å². The van der Waals surface area contributed by atoms with Gasteiger partial charge in [0.15, 0.2) is 5.95 Å². The molecule has 0 aliphatic carbocycles. The summed E-state index contributed by atoms with van der Waals surface area (Å²) in [5, 5.41) is 18.0. The number of carboxylic acids is 1. The molecular formula is C14H22N6O4. The highest BCUT2D eigenvalue weighted by molar-refractivity contribution is 6.39. The molecule has 10 heteroatoms. The van der Waals surface area contributed by atoms with Crippen LogP contribution in [0, 0.1) is 0 Å². The molecular weight excluding hydrogens is 316 g/mol. The molecule has 2 heterocycles. The van der Waals surface area contributed by atoms with Crippen molar-refractivity contribution in [1.82, 2.24) is 15.3 Å². The topological polar surface area (TPSA) is 155 Å². The number of carbonyl (C=O) groups excluding carboxylic acids is 1. The van der Waals surface area contributed by atoms with Gasteiger partial charge >= 0.3 is 5.97 Å². The molecule has 2 atom stereocenters. The quantitative estimate of drug-likeness (QED) is 0.366. The maximum atomic E-state index is 11.8. The van der Waals surface area contributed by atoms with E-state index in [2.05, 4.69) is 25.8 Å². The zero-order valence-corrected chi connectivity index (χ0v) is 13.2. The number of carboxylic acid groups (broad SMARTS) is 1. The van der Waals surface area contributed by atoms with Crippen LogP contribution < -0.4 is 16.4 Å². The fourth-order valence-corrected chi connectivity index (χ4v) is 2.18. The van der Waals surface area contributed by atoms with Crippen molar-refractivity contribution >= 4 is 23.5 Å². The van der Waals surface area contributed by atoms with Crippen molar-refractivity contribution < 1.29 is 19.5 Å². The van der Waals surface area contributed by atoms with Gasteiger partial charge in [0.25, 0.3) is 5.91 Å². The Balaban J connectivity index is 1.56. The van der Waals surface area contributed by atoms with Crippen LogP contribution in [0.3, 0.4) is 0 Å². The minimum Gasteiger partial charge on any atom is -0.480 e. The zero-order valence-electron chi connectivity index (χ0n) is 13.2. The number of nitrogens with zero attached hydrogens (tertiary/aromatic N) is 2. The minimum absolute atomic E-state index is 0.123. The number of carbonyl (C=O) groups is 2. The van der Waals surface area contributed by atoms with Crippen LogP contribution in [0.4, 0.5) is 5.95 Å². The lowest BCUT2D eigenvalue weighted by Crippen LogP contribution is -2.44. The Bertz CT molecular complexity index is 574. The summed E-state index contributed by atoms with van der Waals surface area (Å²) in [6.45, 7) is 0.651. The Morgan fingerprint density at radius 3 is 3.04 bits per heavy atom. The smallest absolute Gasteiger partial charge is 0.322 e. The lowest BCUT2D eigenvalue weighted by molar-refractivity contribution is -0.138.